The maximum Gasteiger partial charge on any atom is 0.0410 e. The molecule has 0 spiro atoms. The molecule has 3 nitrogen and oxygen atoms in total. The minimum atomic E-state index is -2.16. The Bertz CT molecular complexity index is 303. The maximum absolute atomic E-state index is 11.6. The number of hydrogen-bond donors (Lipinski definition) is 1. The summed E-state index contributed by atoms with van der Waals surface area (Å²) in [5, 5.41) is 0. The van der Waals surface area contributed by atoms with Crippen molar-refractivity contribution in [2.75, 3.05) is 6.54 Å². The zero-order valence-corrected chi connectivity index (χ0v) is 13.7. The van der Waals surface area contributed by atoms with Gasteiger partial charge in [-0.1, -0.05) is 27.2 Å². The van der Waals surface area contributed by atoms with Gasteiger partial charge in [0, 0.05) is 28.6 Å². The van der Waals surface area contributed by atoms with Gasteiger partial charge in [0.2, 0.25) is 0 Å². The molecule has 0 aromatic heterocycles. The lowest BCUT2D eigenvalue weighted by atomic mass is 9.71. The summed E-state index contributed by atoms with van der Waals surface area (Å²) in [6, 6.07) is -0.0239. The van der Waals surface area contributed by atoms with Gasteiger partial charge in [-0.05, 0) is 38.0 Å². The van der Waals surface area contributed by atoms with E-state index in [4.69, 9.17) is 12.6 Å². The van der Waals surface area contributed by atoms with Gasteiger partial charge in [0.25, 0.3) is 0 Å². The van der Waals surface area contributed by atoms with Crippen LogP contribution < -0.4 is 0 Å². The Morgan fingerprint density at radius 3 is 2.44 bits per heavy atom. The highest BCUT2D eigenvalue weighted by Gasteiger charge is 2.47. The van der Waals surface area contributed by atoms with Crippen molar-refractivity contribution in [2.45, 2.75) is 70.6 Å². The molecular formula is C13H26NO2S2-. The zero-order chi connectivity index (χ0) is 14.0. The first kappa shape index (κ1) is 16.5. The van der Waals surface area contributed by atoms with E-state index in [0.717, 1.165) is 32.1 Å². The molecular weight excluding hydrogens is 266 g/mol. The minimum absolute atomic E-state index is 0.0130. The van der Waals surface area contributed by atoms with Crippen molar-refractivity contribution in [3.8, 4) is 0 Å². The van der Waals surface area contributed by atoms with Crippen LogP contribution in [0.4, 0.5) is 0 Å². The predicted molar refractivity (Wildman–Crippen MR) is 79.3 cm³/mol. The molecule has 0 aromatic rings. The van der Waals surface area contributed by atoms with E-state index in [1.165, 1.54) is 0 Å². The summed E-state index contributed by atoms with van der Waals surface area (Å²) in [7, 11) is 0. The smallest absolute Gasteiger partial charge is 0.0410 e. The molecule has 3 unspecified atom stereocenters. The summed E-state index contributed by atoms with van der Waals surface area (Å²) in [5.74, 6) is 0. The van der Waals surface area contributed by atoms with Gasteiger partial charge in [-0.2, -0.15) is 12.6 Å². The lowest BCUT2D eigenvalue weighted by molar-refractivity contribution is 0.104. The molecule has 0 bridgehead atoms. The standard InChI is InChI=1S/C13H27NO2S2/c1-5-12(3,6-2)11-13(4,17)9-7-8-10-14(11)18(15)16/h11,17H,5-10H2,1-4H3,(H,15,16)/p-1. The maximum atomic E-state index is 11.6. The van der Waals surface area contributed by atoms with Gasteiger partial charge in [-0.3, -0.25) is 4.21 Å². The fraction of sp³-hybridized carbons (Fsp3) is 1.00. The summed E-state index contributed by atoms with van der Waals surface area (Å²) < 4.78 is 24.5. The van der Waals surface area contributed by atoms with Gasteiger partial charge in [-0.25, -0.2) is 4.31 Å². The second-order valence-corrected chi connectivity index (χ2v) is 7.86. The first-order valence-electron chi connectivity index (χ1n) is 6.87. The molecule has 5 heteroatoms. The summed E-state index contributed by atoms with van der Waals surface area (Å²) in [5.41, 5.74) is -0.0130. The molecule has 1 heterocycles. The van der Waals surface area contributed by atoms with Gasteiger partial charge in [0.1, 0.15) is 0 Å². The van der Waals surface area contributed by atoms with E-state index in [1.807, 2.05) is 0 Å². The van der Waals surface area contributed by atoms with Crippen LogP contribution in [0.2, 0.25) is 0 Å². The highest BCUT2D eigenvalue weighted by molar-refractivity contribution is 7.82. The molecule has 0 radical (unpaired) electrons. The summed E-state index contributed by atoms with van der Waals surface area (Å²) >= 11 is 2.67. The molecule has 0 amide bonds. The van der Waals surface area contributed by atoms with Gasteiger partial charge >= 0.3 is 0 Å². The second kappa shape index (κ2) is 6.25. The predicted octanol–water partition coefficient (Wildman–Crippen LogP) is 3.15. The third-order valence-corrected chi connectivity index (χ3v) is 5.90. The fourth-order valence-corrected chi connectivity index (χ4v) is 4.85. The van der Waals surface area contributed by atoms with Crippen molar-refractivity contribution in [1.82, 2.24) is 4.31 Å². The van der Waals surface area contributed by atoms with Crippen LogP contribution >= 0.6 is 12.6 Å². The Hall–Kier alpha value is 0.420. The second-order valence-electron chi connectivity index (χ2n) is 5.94. The third kappa shape index (κ3) is 3.30. The Kier molecular flexibility index (Phi) is 5.72. The van der Waals surface area contributed by atoms with Crippen LogP contribution in [-0.4, -0.2) is 30.4 Å². The molecule has 3 atom stereocenters. The van der Waals surface area contributed by atoms with Gasteiger partial charge < -0.3 is 4.55 Å². The van der Waals surface area contributed by atoms with Crippen LogP contribution in [0.5, 0.6) is 0 Å². The molecule has 0 N–H and O–H groups in total. The van der Waals surface area contributed by atoms with Crippen molar-refractivity contribution >= 4 is 23.9 Å². The van der Waals surface area contributed by atoms with Crippen LogP contribution in [0.1, 0.15) is 59.8 Å². The van der Waals surface area contributed by atoms with E-state index in [-0.39, 0.29) is 16.2 Å². The van der Waals surface area contributed by atoms with E-state index in [2.05, 4.69) is 27.7 Å². The fourth-order valence-electron chi connectivity index (χ4n) is 3.22. The van der Waals surface area contributed by atoms with Crippen LogP contribution in [0, 0.1) is 5.41 Å². The molecule has 0 saturated carbocycles. The van der Waals surface area contributed by atoms with Gasteiger partial charge in [0.15, 0.2) is 0 Å². The van der Waals surface area contributed by atoms with E-state index in [9.17, 15) is 8.76 Å². The molecule has 0 aromatic carbocycles. The largest absolute Gasteiger partial charge is 0.760 e. The Balaban J connectivity index is 3.20. The first-order chi connectivity index (χ1) is 8.28. The van der Waals surface area contributed by atoms with Crippen LogP contribution in [-0.2, 0) is 11.3 Å². The molecule has 18 heavy (non-hydrogen) atoms. The van der Waals surface area contributed by atoms with Crippen molar-refractivity contribution in [1.29, 1.82) is 0 Å². The van der Waals surface area contributed by atoms with Crippen molar-refractivity contribution in [3.05, 3.63) is 0 Å². The molecule has 108 valence electrons. The highest BCUT2D eigenvalue weighted by Crippen LogP contribution is 2.45. The Labute approximate surface area is 120 Å². The van der Waals surface area contributed by atoms with Crippen LogP contribution in [0.25, 0.3) is 0 Å². The zero-order valence-electron chi connectivity index (χ0n) is 11.9. The average Bonchev–Trinajstić information content (AvgIpc) is 2.47. The normalized spacial score (nSPS) is 33.1. The summed E-state index contributed by atoms with van der Waals surface area (Å²) in [6.07, 6.45) is 4.90. The number of rotatable bonds is 4. The van der Waals surface area contributed by atoms with E-state index in [0.29, 0.717) is 6.54 Å². The van der Waals surface area contributed by atoms with Crippen LogP contribution in [0.15, 0.2) is 0 Å². The Morgan fingerprint density at radius 1 is 1.44 bits per heavy atom. The van der Waals surface area contributed by atoms with Gasteiger partial charge in [-0.15, -0.1) is 0 Å². The van der Waals surface area contributed by atoms with Crippen LogP contribution in [0.3, 0.4) is 0 Å². The van der Waals surface area contributed by atoms with E-state index in [1.54, 1.807) is 4.31 Å². The minimum Gasteiger partial charge on any atom is -0.760 e. The molecule has 1 saturated heterocycles. The number of thiol groups is 1. The van der Waals surface area contributed by atoms with Crippen molar-refractivity contribution in [2.24, 2.45) is 5.41 Å². The lowest BCUT2D eigenvalue weighted by Crippen LogP contribution is -2.56. The molecule has 0 aliphatic carbocycles. The molecule has 1 rings (SSSR count). The number of hydrogen-bond acceptors (Lipinski definition) is 3. The van der Waals surface area contributed by atoms with Crippen molar-refractivity contribution in [3.63, 3.8) is 0 Å². The number of nitrogens with zero attached hydrogens (tertiary/aromatic N) is 1. The monoisotopic (exact) mass is 292 g/mol. The van der Waals surface area contributed by atoms with Gasteiger partial charge in [0.05, 0.1) is 0 Å². The quantitative estimate of drug-likeness (QED) is 0.639. The summed E-state index contributed by atoms with van der Waals surface area (Å²) in [4.78, 5) is 0. The SMILES string of the molecule is CCC(C)(CC)C1N(S(=O)[O-])CCCCC1(C)S. The molecule has 1 aliphatic rings. The highest BCUT2D eigenvalue weighted by atomic mass is 32.2. The van der Waals surface area contributed by atoms with E-state index >= 15 is 0 Å². The third-order valence-electron chi connectivity index (χ3n) is 4.66. The molecule has 1 aliphatic heterocycles. The first-order valence-corrected chi connectivity index (χ1v) is 8.35. The summed E-state index contributed by atoms with van der Waals surface area (Å²) in [6.45, 7) is 9.20. The van der Waals surface area contributed by atoms with E-state index < -0.39 is 11.3 Å². The Morgan fingerprint density at radius 2 is 2.00 bits per heavy atom. The van der Waals surface area contributed by atoms with Crippen molar-refractivity contribution < 1.29 is 8.76 Å². The molecule has 1 fully saturated rings. The lowest BCUT2D eigenvalue weighted by Gasteiger charge is -2.50. The average molecular weight is 292 g/mol. The topological polar surface area (TPSA) is 43.4 Å².